The van der Waals surface area contributed by atoms with E-state index in [1.807, 2.05) is 54.8 Å². The highest BCUT2D eigenvalue weighted by Gasteiger charge is 2.16. The van der Waals surface area contributed by atoms with Crippen LogP contribution in [0.2, 0.25) is 15.1 Å². The van der Waals surface area contributed by atoms with Crippen LogP contribution in [0.3, 0.4) is 0 Å². The zero-order valence-electron chi connectivity index (χ0n) is 15.6. The molecule has 1 amide bonds. The van der Waals surface area contributed by atoms with Gasteiger partial charge >= 0.3 is 0 Å². The summed E-state index contributed by atoms with van der Waals surface area (Å²) in [6.45, 7) is 3.87. The Hall–Kier alpha value is -2.71. The van der Waals surface area contributed by atoms with E-state index in [0.717, 1.165) is 22.6 Å². The molecule has 29 heavy (non-hydrogen) atoms. The van der Waals surface area contributed by atoms with E-state index < -0.39 is 5.91 Å². The van der Waals surface area contributed by atoms with Crippen molar-refractivity contribution < 1.29 is 4.79 Å². The van der Waals surface area contributed by atoms with Crippen LogP contribution in [0, 0.1) is 25.2 Å². The summed E-state index contributed by atoms with van der Waals surface area (Å²) in [5.74, 6) is -0.584. The van der Waals surface area contributed by atoms with E-state index in [4.69, 9.17) is 34.8 Å². The molecule has 1 aromatic heterocycles. The van der Waals surface area contributed by atoms with Gasteiger partial charge in [0.15, 0.2) is 0 Å². The molecule has 0 aliphatic heterocycles. The van der Waals surface area contributed by atoms with Crippen LogP contribution in [0.5, 0.6) is 0 Å². The van der Waals surface area contributed by atoms with Gasteiger partial charge in [-0.2, -0.15) is 5.26 Å². The Bertz CT molecular complexity index is 1140. The molecule has 0 aliphatic carbocycles. The molecule has 0 spiro atoms. The van der Waals surface area contributed by atoms with Crippen LogP contribution in [-0.2, 0) is 4.79 Å². The third-order valence-electron chi connectivity index (χ3n) is 4.42. The number of nitriles is 1. The average Bonchev–Trinajstić information content (AvgIpc) is 2.96. The lowest BCUT2D eigenvalue weighted by atomic mass is 10.1. The minimum absolute atomic E-state index is 0.0580. The molecule has 0 fully saturated rings. The van der Waals surface area contributed by atoms with Gasteiger partial charge in [-0.05, 0) is 68.0 Å². The van der Waals surface area contributed by atoms with Crippen molar-refractivity contribution in [1.82, 2.24) is 4.57 Å². The van der Waals surface area contributed by atoms with Gasteiger partial charge in [0.25, 0.3) is 5.91 Å². The maximum Gasteiger partial charge on any atom is 0.266 e. The number of nitrogens with one attached hydrogen (secondary N) is 1. The number of hydrogen-bond donors (Lipinski definition) is 1. The van der Waals surface area contributed by atoms with Gasteiger partial charge in [-0.3, -0.25) is 4.79 Å². The molecule has 0 radical (unpaired) electrons. The summed E-state index contributed by atoms with van der Waals surface area (Å²) in [7, 11) is 0. The fraction of sp³-hybridized carbons (Fsp3) is 0.0909. The number of rotatable bonds is 4. The van der Waals surface area contributed by atoms with Gasteiger partial charge in [-0.25, -0.2) is 0 Å². The van der Waals surface area contributed by atoms with E-state index in [9.17, 15) is 10.1 Å². The van der Waals surface area contributed by atoms with Gasteiger partial charge in [0.2, 0.25) is 0 Å². The lowest BCUT2D eigenvalue weighted by Gasteiger charge is -2.10. The molecule has 0 atom stereocenters. The third kappa shape index (κ3) is 4.49. The molecule has 0 unspecified atom stereocenters. The zero-order chi connectivity index (χ0) is 21.1. The molecule has 4 nitrogen and oxygen atoms in total. The van der Waals surface area contributed by atoms with Gasteiger partial charge in [0.05, 0.1) is 15.7 Å². The normalized spacial score (nSPS) is 11.2. The van der Waals surface area contributed by atoms with Crippen molar-refractivity contribution in [2.45, 2.75) is 13.8 Å². The monoisotopic (exact) mass is 443 g/mol. The summed E-state index contributed by atoms with van der Waals surface area (Å²) in [5, 5.41) is 13.4. The van der Waals surface area contributed by atoms with Crippen molar-refractivity contribution in [3.63, 3.8) is 0 Å². The van der Waals surface area contributed by atoms with Gasteiger partial charge in [0, 0.05) is 22.1 Å². The summed E-state index contributed by atoms with van der Waals surface area (Å²) < 4.78 is 2.03. The first kappa shape index (κ1) is 21.0. The molecule has 1 heterocycles. The number of benzene rings is 2. The number of hydrogen-bond acceptors (Lipinski definition) is 2. The summed E-state index contributed by atoms with van der Waals surface area (Å²) in [6.07, 6.45) is 1.55. The molecule has 146 valence electrons. The highest BCUT2D eigenvalue weighted by molar-refractivity contribution is 6.40. The van der Waals surface area contributed by atoms with Crippen LogP contribution in [0.1, 0.15) is 17.0 Å². The summed E-state index contributed by atoms with van der Waals surface area (Å²) in [4.78, 5) is 12.6. The molecule has 2 aromatic carbocycles. The zero-order valence-corrected chi connectivity index (χ0v) is 17.9. The van der Waals surface area contributed by atoms with Crippen LogP contribution in [0.4, 0.5) is 5.69 Å². The number of carbonyl (C=O) groups is 1. The molecule has 0 saturated carbocycles. The lowest BCUT2D eigenvalue weighted by Crippen LogP contribution is -2.14. The number of carbonyl (C=O) groups excluding carboxylic acids is 1. The van der Waals surface area contributed by atoms with Crippen molar-refractivity contribution in [2.24, 2.45) is 0 Å². The molecule has 3 aromatic rings. The first-order chi connectivity index (χ1) is 13.8. The van der Waals surface area contributed by atoms with Gasteiger partial charge < -0.3 is 9.88 Å². The van der Waals surface area contributed by atoms with Gasteiger partial charge in [0.1, 0.15) is 11.6 Å². The van der Waals surface area contributed by atoms with Crippen LogP contribution in [0.25, 0.3) is 11.8 Å². The number of nitrogens with zero attached hydrogens (tertiary/aromatic N) is 2. The Balaban J connectivity index is 1.96. The average molecular weight is 445 g/mol. The van der Waals surface area contributed by atoms with Crippen molar-refractivity contribution in [2.75, 3.05) is 5.32 Å². The second-order valence-electron chi connectivity index (χ2n) is 6.36. The molecule has 7 heteroatoms. The fourth-order valence-electron chi connectivity index (χ4n) is 3.02. The topological polar surface area (TPSA) is 57.8 Å². The van der Waals surface area contributed by atoms with E-state index in [2.05, 4.69) is 5.32 Å². The second-order valence-corrected chi connectivity index (χ2v) is 7.61. The molecular weight excluding hydrogens is 429 g/mol. The second kappa shape index (κ2) is 8.75. The Morgan fingerprint density at radius 1 is 1.07 bits per heavy atom. The maximum atomic E-state index is 12.6. The molecule has 0 aliphatic rings. The number of para-hydroxylation sites is 1. The Kier molecular flexibility index (Phi) is 6.34. The minimum Gasteiger partial charge on any atom is -0.319 e. The lowest BCUT2D eigenvalue weighted by molar-refractivity contribution is -0.112. The van der Waals surface area contributed by atoms with Crippen molar-refractivity contribution >= 4 is 52.5 Å². The SMILES string of the molecule is Cc1cc(/C=C(\C#N)C(=O)Nc2c(Cl)cccc2Cl)c(C)n1-c1ccc(Cl)cc1. The smallest absolute Gasteiger partial charge is 0.266 e. The molecular formula is C22H16Cl3N3O. The molecule has 0 bridgehead atoms. The Morgan fingerprint density at radius 2 is 1.69 bits per heavy atom. The van der Waals surface area contributed by atoms with Gasteiger partial charge in [-0.1, -0.05) is 40.9 Å². The van der Waals surface area contributed by atoms with Crippen LogP contribution in [-0.4, -0.2) is 10.5 Å². The highest BCUT2D eigenvalue weighted by atomic mass is 35.5. The summed E-state index contributed by atoms with van der Waals surface area (Å²) >= 11 is 18.2. The number of halogens is 3. The minimum atomic E-state index is -0.584. The third-order valence-corrected chi connectivity index (χ3v) is 5.30. The number of aryl methyl sites for hydroxylation is 1. The molecule has 0 saturated heterocycles. The Labute approximate surface area is 183 Å². The summed E-state index contributed by atoms with van der Waals surface area (Å²) in [5.41, 5.74) is 3.76. The van der Waals surface area contributed by atoms with Crippen LogP contribution < -0.4 is 5.32 Å². The number of anilines is 1. The van der Waals surface area contributed by atoms with Crippen molar-refractivity contribution in [3.8, 4) is 11.8 Å². The van der Waals surface area contributed by atoms with E-state index >= 15 is 0 Å². The molecule has 1 N–H and O–H groups in total. The molecule has 3 rings (SSSR count). The predicted octanol–water partition coefficient (Wildman–Crippen LogP) is 6.60. The van der Waals surface area contributed by atoms with E-state index in [-0.39, 0.29) is 11.3 Å². The van der Waals surface area contributed by atoms with Crippen LogP contribution >= 0.6 is 34.8 Å². The van der Waals surface area contributed by atoms with Crippen molar-refractivity contribution in [1.29, 1.82) is 5.26 Å². The number of aromatic nitrogens is 1. The van der Waals surface area contributed by atoms with Crippen molar-refractivity contribution in [3.05, 3.63) is 86.1 Å². The Morgan fingerprint density at radius 3 is 2.28 bits per heavy atom. The highest BCUT2D eigenvalue weighted by Crippen LogP contribution is 2.30. The summed E-state index contributed by atoms with van der Waals surface area (Å²) in [6, 6.07) is 16.2. The fourth-order valence-corrected chi connectivity index (χ4v) is 3.64. The van der Waals surface area contributed by atoms with Crippen LogP contribution in [0.15, 0.2) is 54.1 Å². The quantitative estimate of drug-likeness (QED) is 0.364. The van der Waals surface area contributed by atoms with E-state index in [1.165, 1.54) is 0 Å². The predicted molar refractivity (Wildman–Crippen MR) is 119 cm³/mol. The van der Waals surface area contributed by atoms with Gasteiger partial charge in [-0.15, -0.1) is 0 Å². The number of amides is 1. The first-order valence-electron chi connectivity index (χ1n) is 8.64. The van der Waals surface area contributed by atoms with E-state index in [0.29, 0.717) is 15.1 Å². The standard InChI is InChI=1S/C22H16Cl3N3O/c1-13-10-15(14(2)28(13)18-8-6-17(23)7-9-18)11-16(12-26)22(29)27-21-19(24)4-3-5-20(21)25/h3-11H,1-2H3,(H,27,29)/b16-11+. The first-order valence-corrected chi connectivity index (χ1v) is 9.77. The van der Waals surface area contributed by atoms with E-state index in [1.54, 1.807) is 24.3 Å². The largest absolute Gasteiger partial charge is 0.319 e. The maximum absolute atomic E-state index is 12.6.